The second-order valence-electron chi connectivity index (χ2n) is 7.25. The molecule has 3 heterocycles. The Morgan fingerprint density at radius 1 is 1.23 bits per heavy atom. The van der Waals surface area contributed by atoms with E-state index < -0.39 is 58.5 Å². The molecule has 12 heteroatoms. The Balaban J connectivity index is 1.75. The molecule has 0 unspecified atom stereocenters. The fourth-order valence-corrected chi connectivity index (χ4v) is 4.79. The third-order valence-corrected chi connectivity index (χ3v) is 6.01. The van der Waals surface area contributed by atoms with Crippen molar-refractivity contribution in [3.05, 3.63) is 44.9 Å². The van der Waals surface area contributed by atoms with Crippen LogP contribution in [0.25, 0.3) is 0 Å². The van der Waals surface area contributed by atoms with Gasteiger partial charge in [-0.1, -0.05) is 6.08 Å². The highest BCUT2D eigenvalue weighted by molar-refractivity contribution is 9.10. The summed E-state index contributed by atoms with van der Waals surface area (Å²) in [5, 5.41) is 11.0. The summed E-state index contributed by atoms with van der Waals surface area (Å²) >= 11 is 3.18. The number of amides is 2. The van der Waals surface area contributed by atoms with Gasteiger partial charge in [-0.2, -0.15) is 0 Å². The summed E-state index contributed by atoms with van der Waals surface area (Å²) in [5.74, 6) is -4.84. The number of hydrogen-bond donors (Lipinski definition) is 0. The Labute approximate surface area is 183 Å². The van der Waals surface area contributed by atoms with Gasteiger partial charge in [-0.05, 0) is 28.1 Å². The van der Waals surface area contributed by atoms with Crippen LogP contribution < -0.4 is 4.90 Å². The summed E-state index contributed by atoms with van der Waals surface area (Å²) in [6.07, 6.45) is 0.656. The minimum Gasteiger partial charge on any atom is -0.422 e. The summed E-state index contributed by atoms with van der Waals surface area (Å²) < 4.78 is 16.3. The Hall–Kier alpha value is -3.12. The summed E-state index contributed by atoms with van der Waals surface area (Å²) in [7, 11) is 0. The van der Waals surface area contributed by atoms with E-state index >= 15 is 0 Å². The largest absolute Gasteiger partial charge is 0.422 e. The molecule has 1 aromatic carbocycles. The van der Waals surface area contributed by atoms with Crippen molar-refractivity contribution in [2.24, 2.45) is 11.8 Å². The molecule has 2 fully saturated rings. The van der Waals surface area contributed by atoms with Crippen molar-refractivity contribution in [2.75, 3.05) is 4.90 Å². The monoisotopic (exact) mass is 494 g/mol. The van der Waals surface area contributed by atoms with Crippen LogP contribution in [0.2, 0.25) is 0 Å². The van der Waals surface area contributed by atoms with Gasteiger partial charge >= 0.3 is 11.9 Å². The SMILES string of the molecule is CC(=O)OC(OC(C)=O)[C@]12C=C[C@H](O1)[C@H]1C(=O)N(c3ccc([N+](=O)[O-])cc3Br)C(=O)[C@@H]12. The van der Waals surface area contributed by atoms with Crippen molar-refractivity contribution in [1.29, 1.82) is 0 Å². The van der Waals surface area contributed by atoms with Crippen LogP contribution in [0.5, 0.6) is 0 Å². The lowest BCUT2D eigenvalue weighted by molar-refractivity contribution is -0.384. The second kappa shape index (κ2) is 7.24. The van der Waals surface area contributed by atoms with Crippen LogP contribution in [0.1, 0.15) is 13.8 Å². The molecule has 2 amide bonds. The smallest absolute Gasteiger partial charge is 0.305 e. The maximum Gasteiger partial charge on any atom is 0.305 e. The first kappa shape index (κ1) is 21.1. The molecule has 4 atom stereocenters. The van der Waals surface area contributed by atoms with Gasteiger partial charge in [-0.25, -0.2) is 4.90 Å². The molecule has 11 nitrogen and oxygen atoms in total. The van der Waals surface area contributed by atoms with Crippen LogP contribution in [0.15, 0.2) is 34.8 Å². The molecular formula is C19H15BrN2O9. The van der Waals surface area contributed by atoms with Crippen LogP contribution in [-0.2, 0) is 33.4 Å². The quantitative estimate of drug-likeness (QED) is 0.149. The molecule has 4 rings (SSSR count). The first-order chi connectivity index (χ1) is 14.6. The Bertz CT molecular complexity index is 1050. The molecular weight excluding hydrogens is 480 g/mol. The molecule has 0 aromatic heterocycles. The van der Waals surface area contributed by atoms with Crippen molar-refractivity contribution in [3.63, 3.8) is 0 Å². The topological polar surface area (TPSA) is 142 Å². The fraction of sp³-hybridized carbons (Fsp3) is 0.368. The van der Waals surface area contributed by atoms with Crippen molar-refractivity contribution < 1.29 is 38.3 Å². The van der Waals surface area contributed by atoms with E-state index in [9.17, 15) is 29.3 Å². The molecule has 2 saturated heterocycles. The van der Waals surface area contributed by atoms with Gasteiger partial charge in [0.25, 0.3) is 12.0 Å². The van der Waals surface area contributed by atoms with Gasteiger partial charge in [0.15, 0.2) is 5.60 Å². The Morgan fingerprint density at radius 3 is 2.42 bits per heavy atom. The Morgan fingerprint density at radius 2 is 1.87 bits per heavy atom. The van der Waals surface area contributed by atoms with Crippen LogP contribution in [0.3, 0.4) is 0 Å². The molecule has 1 aromatic rings. The van der Waals surface area contributed by atoms with E-state index in [0.29, 0.717) is 0 Å². The standard InChI is InChI=1S/C19H15BrN2O9/c1-8(23)29-18(30-9(2)24)19-6-5-13(31-19)14-15(19)17(26)21(16(14)25)12-4-3-10(22(27)28)7-11(12)20/h3-7,13-15,18H,1-2H3/t13-,14+,15+,19+/m0/s1. The number of rotatable bonds is 5. The highest BCUT2D eigenvalue weighted by atomic mass is 79.9. The minimum absolute atomic E-state index is 0.126. The number of esters is 2. The zero-order valence-electron chi connectivity index (χ0n) is 16.1. The molecule has 0 radical (unpaired) electrons. The van der Waals surface area contributed by atoms with E-state index in [-0.39, 0.29) is 15.8 Å². The number of carbonyl (C=O) groups is 4. The van der Waals surface area contributed by atoms with Crippen molar-refractivity contribution in [3.8, 4) is 0 Å². The summed E-state index contributed by atoms with van der Waals surface area (Å²) in [6, 6.07) is 3.65. The third kappa shape index (κ3) is 3.13. The lowest BCUT2D eigenvalue weighted by atomic mass is 9.76. The molecule has 31 heavy (non-hydrogen) atoms. The Kier molecular flexibility index (Phi) is 4.93. The van der Waals surface area contributed by atoms with Crippen LogP contribution in [0.4, 0.5) is 11.4 Å². The number of ether oxygens (including phenoxy) is 3. The number of fused-ring (bicyclic) bond motifs is 5. The number of halogens is 1. The molecule has 162 valence electrons. The number of nitrogens with zero attached hydrogens (tertiary/aromatic N) is 2. The van der Waals surface area contributed by atoms with Gasteiger partial charge < -0.3 is 14.2 Å². The summed E-state index contributed by atoms with van der Waals surface area (Å²) in [4.78, 5) is 61.1. The minimum atomic E-state index is -1.67. The molecule has 0 saturated carbocycles. The first-order valence-electron chi connectivity index (χ1n) is 9.10. The zero-order valence-corrected chi connectivity index (χ0v) is 17.7. The number of non-ortho nitro benzene ring substituents is 1. The zero-order chi connectivity index (χ0) is 22.7. The van der Waals surface area contributed by atoms with E-state index in [1.165, 1.54) is 24.3 Å². The maximum absolute atomic E-state index is 13.4. The van der Waals surface area contributed by atoms with E-state index in [4.69, 9.17) is 14.2 Å². The number of imide groups is 1. The highest BCUT2D eigenvalue weighted by Crippen LogP contribution is 2.55. The number of carbonyl (C=O) groups excluding carboxylic acids is 4. The second-order valence-corrected chi connectivity index (χ2v) is 8.11. The van der Waals surface area contributed by atoms with Crippen LogP contribution in [0, 0.1) is 22.0 Å². The van der Waals surface area contributed by atoms with Gasteiger partial charge in [0.1, 0.15) is 0 Å². The maximum atomic E-state index is 13.4. The van der Waals surface area contributed by atoms with Gasteiger partial charge in [0.2, 0.25) is 11.8 Å². The molecule has 0 aliphatic carbocycles. The fourth-order valence-electron chi connectivity index (χ4n) is 4.24. The third-order valence-electron chi connectivity index (χ3n) is 5.38. The summed E-state index contributed by atoms with van der Waals surface area (Å²) in [5.41, 5.74) is -1.76. The van der Waals surface area contributed by atoms with E-state index in [2.05, 4.69) is 15.9 Å². The number of benzene rings is 1. The average Bonchev–Trinajstić information content (AvgIpc) is 3.32. The number of anilines is 1. The normalized spacial score (nSPS) is 28.3. The van der Waals surface area contributed by atoms with Crippen molar-refractivity contribution in [1.82, 2.24) is 0 Å². The van der Waals surface area contributed by atoms with E-state index in [1.54, 1.807) is 6.08 Å². The number of nitro benzene ring substituents is 1. The lowest BCUT2D eigenvalue weighted by Crippen LogP contribution is -2.52. The van der Waals surface area contributed by atoms with Crippen LogP contribution in [-0.4, -0.2) is 46.7 Å². The molecule has 0 spiro atoms. The molecule has 3 aliphatic heterocycles. The van der Waals surface area contributed by atoms with Crippen molar-refractivity contribution >= 4 is 51.1 Å². The predicted octanol–water partition coefficient (Wildman–Crippen LogP) is 1.62. The summed E-state index contributed by atoms with van der Waals surface area (Å²) in [6.45, 7) is 2.22. The number of hydrogen-bond acceptors (Lipinski definition) is 9. The highest BCUT2D eigenvalue weighted by Gasteiger charge is 2.72. The van der Waals surface area contributed by atoms with E-state index in [0.717, 1.165) is 18.7 Å². The molecule has 3 aliphatic rings. The predicted molar refractivity (Wildman–Crippen MR) is 104 cm³/mol. The lowest BCUT2D eigenvalue weighted by Gasteiger charge is -2.34. The van der Waals surface area contributed by atoms with Crippen LogP contribution >= 0.6 is 15.9 Å². The van der Waals surface area contributed by atoms with Gasteiger partial charge in [0, 0.05) is 30.5 Å². The van der Waals surface area contributed by atoms with Gasteiger partial charge in [0.05, 0.1) is 28.6 Å². The molecule has 0 N–H and O–H groups in total. The van der Waals surface area contributed by atoms with Gasteiger partial charge in [-0.15, -0.1) is 0 Å². The number of nitro groups is 1. The molecule has 2 bridgehead atoms. The van der Waals surface area contributed by atoms with E-state index in [1.807, 2.05) is 0 Å². The average molecular weight is 495 g/mol. The van der Waals surface area contributed by atoms with Gasteiger partial charge in [-0.3, -0.25) is 29.3 Å². The first-order valence-corrected chi connectivity index (χ1v) is 9.89. The van der Waals surface area contributed by atoms with Crippen molar-refractivity contribution in [2.45, 2.75) is 31.8 Å².